The minimum atomic E-state index is -3.66. The van der Waals surface area contributed by atoms with Crippen LogP contribution >= 0.6 is 0 Å². The number of aryl methyl sites for hydroxylation is 3. The van der Waals surface area contributed by atoms with E-state index < -0.39 is 15.9 Å². The molecule has 3 aromatic rings. The third-order valence-corrected chi connectivity index (χ3v) is 6.21. The smallest absolute Gasteiger partial charge is 0.324 e. The van der Waals surface area contributed by atoms with Gasteiger partial charge in [-0.1, -0.05) is 12.1 Å². The van der Waals surface area contributed by atoms with Crippen LogP contribution < -0.4 is 15.3 Å². The molecule has 0 aliphatic carbocycles. The van der Waals surface area contributed by atoms with Crippen molar-refractivity contribution < 1.29 is 13.2 Å². The molecule has 1 heterocycles. The van der Waals surface area contributed by atoms with E-state index in [-0.39, 0.29) is 12.2 Å². The highest BCUT2D eigenvalue weighted by atomic mass is 32.2. The van der Waals surface area contributed by atoms with Gasteiger partial charge in [0, 0.05) is 19.8 Å². The van der Waals surface area contributed by atoms with E-state index in [1.807, 2.05) is 19.9 Å². The Morgan fingerprint density at radius 3 is 2.38 bits per heavy atom. The van der Waals surface area contributed by atoms with Gasteiger partial charge in [-0.3, -0.25) is 18.2 Å². The average molecular weight is 417 g/mol. The van der Waals surface area contributed by atoms with Crippen LogP contribution in [0, 0.1) is 13.8 Å². The fourth-order valence-electron chi connectivity index (χ4n) is 3.30. The lowest BCUT2D eigenvalue weighted by Crippen LogP contribution is -2.38. The molecule has 0 saturated heterocycles. The van der Waals surface area contributed by atoms with Crippen LogP contribution in [-0.4, -0.2) is 36.3 Å². The lowest BCUT2D eigenvalue weighted by atomic mass is 10.1. The summed E-state index contributed by atoms with van der Waals surface area (Å²) in [6.07, 6.45) is 1.08. The van der Waals surface area contributed by atoms with Crippen molar-refractivity contribution in [2.75, 3.05) is 22.4 Å². The van der Waals surface area contributed by atoms with Crippen LogP contribution in [-0.2, 0) is 28.9 Å². The van der Waals surface area contributed by atoms with Gasteiger partial charge in [0.05, 0.1) is 23.0 Å². The number of nitrogens with one attached hydrogen (secondary N) is 1. The topological polar surface area (TPSA) is 93.4 Å². The second-order valence-corrected chi connectivity index (χ2v) is 9.05. The predicted molar refractivity (Wildman–Crippen MR) is 115 cm³/mol. The van der Waals surface area contributed by atoms with Crippen molar-refractivity contribution in [3.8, 4) is 0 Å². The predicted octanol–water partition coefficient (Wildman–Crippen LogP) is 1.90. The maximum Gasteiger partial charge on any atom is 0.328 e. The third kappa shape index (κ3) is 3.91. The van der Waals surface area contributed by atoms with Gasteiger partial charge in [-0.15, -0.1) is 0 Å². The molecule has 0 radical (unpaired) electrons. The number of carbonyl (C=O) groups excluding carboxylic acids is 1. The Hall–Kier alpha value is -3.07. The monoisotopic (exact) mass is 416 g/mol. The van der Waals surface area contributed by atoms with E-state index in [4.69, 9.17) is 0 Å². The summed E-state index contributed by atoms with van der Waals surface area (Å²) in [5, 5.41) is 2.73. The average Bonchev–Trinajstić information content (AvgIpc) is 2.85. The van der Waals surface area contributed by atoms with Crippen LogP contribution in [0.2, 0.25) is 0 Å². The van der Waals surface area contributed by atoms with Crippen molar-refractivity contribution >= 4 is 38.3 Å². The summed E-state index contributed by atoms with van der Waals surface area (Å²) >= 11 is 0. The fourth-order valence-corrected chi connectivity index (χ4v) is 4.21. The lowest BCUT2D eigenvalue weighted by Gasteiger charge is -2.24. The molecular weight excluding hydrogens is 392 g/mol. The summed E-state index contributed by atoms with van der Waals surface area (Å²) in [5.41, 5.74) is 3.94. The van der Waals surface area contributed by atoms with Crippen LogP contribution in [0.3, 0.4) is 0 Å². The van der Waals surface area contributed by atoms with Crippen molar-refractivity contribution in [2.24, 2.45) is 14.1 Å². The van der Waals surface area contributed by atoms with Crippen molar-refractivity contribution in [3.63, 3.8) is 0 Å². The van der Waals surface area contributed by atoms with E-state index in [0.29, 0.717) is 16.9 Å². The molecule has 1 amide bonds. The van der Waals surface area contributed by atoms with Crippen molar-refractivity contribution in [2.45, 2.75) is 13.8 Å². The number of imidazole rings is 1. The minimum Gasteiger partial charge on any atom is -0.324 e. The Balaban J connectivity index is 1.90. The van der Waals surface area contributed by atoms with Crippen molar-refractivity contribution in [1.82, 2.24) is 9.13 Å². The van der Waals surface area contributed by atoms with Gasteiger partial charge < -0.3 is 5.32 Å². The number of benzene rings is 2. The zero-order chi connectivity index (χ0) is 21.5. The molecular formula is C20H24N4O4S. The summed E-state index contributed by atoms with van der Waals surface area (Å²) in [6.45, 7) is 3.36. The quantitative estimate of drug-likeness (QED) is 0.687. The highest BCUT2D eigenvalue weighted by Gasteiger charge is 2.23. The molecule has 0 aliphatic rings. The normalized spacial score (nSPS) is 11.6. The van der Waals surface area contributed by atoms with Crippen molar-refractivity contribution in [3.05, 3.63) is 58.0 Å². The summed E-state index contributed by atoms with van der Waals surface area (Å²) < 4.78 is 28.8. The first-order chi connectivity index (χ1) is 13.5. The van der Waals surface area contributed by atoms with E-state index >= 15 is 0 Å². The molecule has 1 aromatic heterocycles. The van der Waals surface area contributed by atoms with Crippen LogP contribution in [0.15, 0.2) is 41.2 Å². The summed E-state index contributed by atoms with van der Waals surface area (Å²) in [6, 6.07) is 10.4. The zero-order valence-electron chi connectivity index (χ0n) is 17.1. The molecule has 0 fully saturated rings. The van der Waals surface area contributed by atoms with Gasteiger partial charge in [-0.05, 0) is 49.2 Å². The molecule has 9 heteroatoms. The molecule has 2 aromatic carbocycles. The van der Waals surface area contributed by atoms with Gasteiger partial charge in [-0.25, -0.2) is 13.2 Å². The molecule has 0 unspecified atom stereocenters. The number of nitrogens with zero attached hydrogens (tertiary/aromatic N) is 3. The molecule has 0 bridgehead atoms. The molecule has 3 rings (SSSR count). The standard InChI is InChI=1S/C20H24N4O4S/c1-13-7-6-8-16(14(13)2)24(29(5,27)28)12-19(25)21-15-9-10-17-18(11-15)23(4)20(26)22(17)3/h6-11H,12H2,1-5H3,(H,21,25). The number of hydrogen-bond acceptors (Lipinski definition) is 4. The Morgan fingerprint density at radius 1 is 1.07 bits per heavy atom. The van der Waals surface area contributed by atoms with E-state index in [0.717, 1.165) is 27.2 Å². The Bertz CT molecular complexity index is 1270. The van der Waals surface area contributed by atoms with Gasteiger partial charge in [0.2, 0.25) is 15.9 Å². The Labute approximate surface area is 169 Å². The lowest BCUT2D eigenvalue weighted by molar-refractivity contribution is -0.114. The molecule has 0 atom stereocenters. The SMILES string of the molecule is Cc1cccc(N(CC(=O)Nc2ccc3c(c2)n(C)c(=O)n3C)S(C)(=O)=O)c1C. The van der Waals surface area contributed by atoms with Crippen LogP contribution in [0.1, 0.15) is 11.1 Å². The van der Waals surface area contributed by atoms with E-state index in [1.54, 1.807) is 44.4 Å². The fraction of sp³-hybridized carbons (Fsp3) is 0.300. The highest BCUT2D eigenvalue weighted by molar-refractivity contribution is 7.92. The molecule has 154 valence electrons. The number of sulfonamides is 1. The highest BCUT2D eigenvalue weighted by Crippen LogP contribution is 2.25. The van der Waals surface area contributed by atoms with Gasteiger partial charge in [0.25, 0.3) is 0 Å². The number of anilines is 2. The van der Waals surface area contributed by atoms with Crippen LogP contribution in [0.25, 0.3) is 11.0 Å². The van der Waals surface area contributed by atoms with Crippen LogP contribution in [0.5, 0.6) is 0 Å². The number of aromatic nitrogens is 2. The van der Waals surface area contributed by atoms with Gasteiger partial charge in [0.15, 0.2) is 0 Å². The van der Waals surface area contributed by atoms with Gasteiger partial charge >= 0.3 is 5.69 Å². The molecule has 0 spiro atoms. The number of hydrogen-bond donors (Lipinski definition) is 1. The zero-order valence-corrected chi connectivity index (χ0v) is 17.9. The molecule has 29 heavy (non-hydrogen) atoms. The summed E-state index contributed by atoms with van der Waals surface area (Å²) in [4.78, 5) is 24.7. The first kappa shape index (κ1) is 20.7. The van der Waals surface area contributed by atoms with E-state index in [2.05, 4.69) is 5.32 Å². The molecule has 0 saturated carbocycles. The van der Waals surface area contributed by atoms with E-state index in [9.17, 15) is 18.0 Å². The number of carbonyl (C=O) groups is 1. The number of rotatable bonds is 5. The second kappa shape index (κ2) is 7.40. The summed E-state index contributed by atoms with van der Waals surface area (Å²) in [7, 11) is -0.332. The van der Waals surface area contributed by atoms with Gasteiger partial charge in [-0.2, -0.15) is 0 Å². The van der Waals surface area contributed by atoms with E-state index in [1.165, 1.54) is 9.13 Å². The van der Waals surface area contributed by atoms with Gasteiger partial charge in [0.1, 0.15) is 6.54 Å². The third-order valence-electron chi connectivity index (χ3n) is 5.09. The number of fused-ring (bicyclic) bond motifs is 1. The molecule has 0 aliphatic heterocycles. The van der Waals surface area contributed by atoms with Crippen molar-refractivity contribution in [1.29, 1.82) is 0 Å². The van der Waals surface area contributed by atoms with Crippen LogP contribution in [0.4, 0.5) is 11.4 Å². The Morgan fingerprint density at radius 2 is 1.72 bits per heavy atom. The first-order valence-corrected chi connectivity index (χ1v) is 10.8. The molecule has 1 N–H and O–H groups in total. The summed E-state index contributed by atoms with van der Waals surface area (Å²) in [5.74, 6) is -0.475. The maximum absolute atomic E-state index is 12.6. The molecule has 8 nitrogen and oxygen atoms in total. The minimum absolute atomic E-state index is 0.165. The Kier molecular flexibility index (Phi) is 5.27. The maximum atomic E-state index is 12.6. The second-order valence-electron chi connectivity index (χ2n) is 7.14. The first-order valence-electron chi connectivity index (χ1n) is 9.00. The number of amides is 1. The largest absolute Gasteiger partial charge is 0.328 e.